The number of unbranched alkanes of at least 4 members (excludes halogenated alkanes) is 1. The van der Waals surface area contributed by atoms with E-state index in [0.717, 1.165) is 12.3 Å². The Morgan fingerprint density at radius 3 is 2.38 bits per heavy atom. The molecule has 90 valence electrons. The molecule has 0 nitrogen and oxygen atoms in total. The summed E-state index contributed by atoms with van der Waals surface area (Å²) in [6.07, 6.45) is 6.46. The third-order valence-electron chi connectivity index (χ3n) is 3.24. The maximum atomic E-state index is 3.87. The lowest BCUT2D eigenvalue weighted by Gasteiger charge is -2.21. The zero-order valence-corrected chi connectivity index (χ0v) is 12.0. The lowest BCUT2D eigenvalue weighted by molar-refractivity contribution is 0.437. The molecule has 0 amide bonds. The molecule has 0 radical (unpaired) electrons. The number of benzene rings is 1. The Hall–Kier alpha value is -0.300. The van der Waals surface area contributed by atoms with Gasteiger partial charge in [-0.1, -0.05) is 79.4 Å². The molecule has 0 saturated heterocycles. The Balaban J connectivity index is 2.46. The van der Waals surface area contributed by atoms with Gasteiger partial charge in [0.1, 0.15) is 0 Å². The van der Waals surface area contributed by atoms with E-state index >= 15 is 0 Å². The summed E-state index contributed by atoms with van der Waals surface area (Å²) in [6.45, 7) is 4.58. The molecule has 0 saturated carbocycles. The third kappa shape index (κ3) is 4.69. The standard InChI is InChI=1S/C15H23Br/c1-3-5-11-14(4-2)15(16)12-13-9-7-6-8-10-13/h6-10,14-15H,3-5,11-12H2,1-2H3. The molecule has 1 aromatic rings. The molecule has 0 bridgehead atoms. The summed E-state index contributed by atoms with van der Waals surface area (Å²) in [5, 5.41) is 0. The Labute approximate surface area is 109 Å². The number of halogens is 1. The normalized spacial score (nSPS) is 14.7. The summed E-state index contributed by atoms with van der Waals surface area (Å²) in [7, 11) is 0. The molecule has 0 aliphatic carbocycles. The molecule has 1 aromatic carbocycles. The van der Waals surface area contributed by atoms with Gasteiger partial charge in [0.05, 0.1) is 0 Å². The van der Waals surface area contributed by atoms with Gasteiger partial charge in [-0.05, 0) is 24.3 Å². The number of rotatable bonds is 7. The minimum atomic E-state index is 0.631. The molecule has 16 heavy (non-hydrogen) atoms. The second-order valence-electron chi connectivity index (χ2n) is 4.52. The molecule has 0 aromatic heterocycles. The monoisotopic (exact) mass is 282 g/mol. The molecule has 2 atom stereocenters. The van der Waals surface area contributed by atoms with E-state index < -0.39 is 0 Å². The van der Waals surface area contributed by atoms with Gasteiger partial charge in [-0.3, -0.25) is 0 Å². The fourth-order valence-corrected chi connectivity index (χ4v) is 3.12. The average Bonchev–Trinajstić information content (AvgIpc) is 2.31. The van der Waals surface area contributed by atoms with Gasteiger partial charge in [0.2, 0.25) is 0 Å². The van der Waals surface area contributed by atoms with E-state index in [1.165, 1.54) is 31.2 Å². The van der Waals surface area contributed by atoms with Crippen LogP contribution in [0.3, 0.4) is 0 Å². The van der Waals surface area contributed by atoms with Gasteiger partial charge in [-0.25, -0.2) is 0 Å². The lowest BCUT2D eigenvalue weighted by Crippen LogP contribution is -2.16. The first-order valence-electron chi connectivity index (χ1n) is 6.45. The maximum Gasteiger partial charge on any atom is 0.0214 e. The van der Waals surface area contributed by atoms with Crippen LogP contribution in [0, 0.1) is 5.92 Å². The van der Waals surface area contributed by atoms with Crippen LogP contribution in [-0.4, -0.2) is 4.83 Å². The van der Waals surface area contributed by atoms with Crippen molar-refractivity contribution in [2.45, 2.75) is 50.8 Å². The topological polar surface area (TPSA) is 0 Å². The van der Waals surface area contributed by atoms with Gasteiger partial charge in [-0.15, -0.1) is 0 Å². The fraction of sp³-hybridized carbons (Fsp3) is 0.600. The summed E-state index contributed by atoms with van der Waals surface area (Å²) in [5.41, 5.74) is 1.44. The van der Waals surface area contributed by atoms with Crippen LogP contribution < -0.4 is 0 Å². The van der Waals surface area contributed by atoms with Gasteiger partial charge in [0.15, 0.2) is 0 Å². The van der Waals surface area contributed by atoms with E-state index in [4.69, 9.17) is 0 Å². The molecular weight excluding hydrogens is 260 g/mol. The minimum absolute atomic E-state index is 0.631. The van der Waals surface area contributed by atoms with E-state index in [1.54, 1.807) is 0 Å². The van der Waals surface area contributed by atoms with Crippen molar-refractivity contribution < 1.29 is 0 Å². The highest BCUT2D eigenvalue weighted by molar-refractivity contribution is 9.09. The van der Waals surface area contributed by atoms with Crippen molar-refractivity contribution in [3.05, 3.63) is 35.9 Å². The van der Waals surface area contributed by atoms with Gasteiger partial charge in [-0.2, -0.15) is 0 Å². The highest BCUT2D eigenvalue weighted by atomic mass is 79.9. The largest absolute Gasteiger partial charge is 0.0884 e. The lowest BCUT2D eigenvalue weighted by atomic mass is 9.92. The van der Waals surface area contributed by atoms with Crippen LogP contribution in [0.1, 0.15) is 45.1 Å². The van der Waals surface area contributed by atoms with Crippen LogP contribution in [0.25, 0.3) is 0 Å². The van der Waals surface area contributed by atoms with Crippen molar-refractivity contribution in [2.75, 3.05) is 0 Å². The predicted octanol–water partition coefficient (Wildman–Crippen LogP) is 5.21. The second-order valence-corrected chi connectivity index (χ2v) is 5.69. The molecule has 1 rings (SSSR count). The van der Waals surface area contributed by atoms with Crippen molar-refractivity contribution in [2.24, 2.45) is 5.92 Å². The van der Waals surface area contributed by atoms with Crippen LogP contribution in [-0.2, 0) is 6.42 Å². The molecule has 0 aliphatic rings. The first kappa shape index (κ1) is 13.8. The number of alkyl halides is 1. The highest BCUT2D eigenvalue weighted by Gasteiger charge is 2.16. The fourth-order valence-electron chi connectivity index (χ4n) is 2.11. The predicted molar refractivity (Wildman–Crippen MR) is 76.2 cm³/mol. The third-order valence-corrected chi connectivity index (χ3v) is 4.31. The summed E-state index contributed by atoms with van der Waals surface area (Å²) >= 11 is 3.87. The first-order chi connectivity index (χ1) is 7.77. The second kappa shape index (κ2) is 7.89. The molecule has 0 aliphatic heterocycles. The van der Waals surface area contributed by atoms with E-state index in [2.05, 4.69) is 60.1 Å². The quantitative estimate of drug-likeness (QED) is 0.603. The smallest absolute Gasteiger partial charge is 0.0214 e. The van der Waals surface area contributed by atoms with Crippen LogP contribution in [0.15, 0.2) is 30.3 Å². The molecule has 1 heteroatoms. The summed E-state index contributed by atoms with van der Waals surface area (Å²) in [4.78, 5) is 0.631. The van der Waals surface area contributed by atoms with Crippen LogP contribution in [0.5, 0.6) is 0 Å². The Morgan fingerprint density at radius 2 is 1.81 bits per heavy atom. The minimum Gasteiger partial charge on any atom is -0.0884 e. The zero-order chi connectivity index (χ0) is 11.8. The average molecular weight is 283 g/mol. The van der Waals surface area contributed by atoms with E-state index in [0.29, 0.717) is 4.83 Å². The zero-order valence-electron chi connectivity index (χ0n) is 10.5. The van der Waals surface area contributed by atoms with Crippen molar-refractivity contribution in [3.8, 4) is 0 Å². The van der Waals surface area contributed by atoms with Crippen molar-refractivity contribution >= 4 is 15.9 Å². The molecule has 0 fully saturated rings. The molecule has 0 N–H and O–H groups in total. The first-order valence-corrected chi connectivity index (χ1v) is 7.37. The van der Waals surface area contributed by atoms with Crippen molar-refractivity contribution in [3.63, 3.8) is 0 Å². The Morgan fingerprint density at radius 1 is 1.12 bits per heavy atom. The van der Waals surface area contributed by atoms with Crippen LogP contribution >= 0.6 is 15.9 Å². The van der Waals surface area contributed by atoms with Crippen molar-refractivity contribution in [1.29, 1.82) is 0 Å². The van der Waals surface area contributed by atoms with Crippen molar-refractivity contribution in [1.82, 2.24) is 0 Å². The maximum absolute atomic E-state index is 3.87. The SMILES string of the molecule is CCCCC(CC)C(Br)Cc1ccccc1. The Kier molecular flexibility index (Phi) is 6.79. The van der Waals surface area contributed by atoms with Crippen LogP contribution in [0.2, 0.25) is 0 Å². The summed E-state index contributed by atoms with van der Waals surface area (Å²) in [5.74, 6) is 0.820. The Bertz CT molecular complexity index is 268. The molecule has 2 unspecified atom stereocenters. The van der Waals surface area contributed by atoms with Gasteiger partial charge in [0.25, 0.3) is 0 Å². The molecular formula is C15H23Br. The van der Waals surface area contributed by atoms with E-state index in [-0.39, 0.29) is 0 Å². The molecule has 0 heterocycles. The van der Waals surface area contributed by atoms with Gasteiger partial charge < -0.3 is 0 Å². The van der Waals surface area contributed by atoms with Crippen LogP contribution in [0.4, 0.5) is 0 Å². The van der Waals surface area contributed by atoms with Gasteiger partial charge in [0, 0.05) is 4.83 Å². The highest BCUT2D eigenvalue weighted by Crippen LogP contribution is 2.25. The molecule has 0 spiro atoms. The van der Waals surface area contributed by atoms with Gasteiger partial charge >= 0.3 is 0 Å². The summed E-state index contributed by atoms with van der Waals surface area (Å²) < 4.78 is 0. The van der Waals surface area contributed by atoms with E-state index in [9.17, 15) is 0 Å². The number of hydrogen-bond donors (Lipinski definition) is 0. The number of hydrogen-bond acceptors (Lipinski definition) is 0. The summed E-state index contributed by atoms with van der Waals surface area (Å²) in [6, 6.07) is 10.8. The van der Waals surface area contributed by atoms with E-state index in [1.807, 2.05) is 0 Å².